The number of thioether (sulfide) groups is 1. The summed E-state index contributed by atoms with van der Waals surface area (Å²) in [5, 5.41) is 4.94. The van der Waals surface area contributed by atoms with Crippen molar-refractivity contribution in [3.63, 3.8) is 0 Å². The average molecular weight is 491 g/mol. The second kappa shape index (κ2) is 11.1. The number of fused-ring (bicyclic) bond motifs is 1. The molecule has 36 heavy (non-hydrogen) atoms. The Balaban J connectivity index is 1.21. The lowest BCUT2D eigenvalue weighted by atomic mass is 10.0. The highest BCUT2D eigenvalue weighted by Gasteiger charge is 2.13. The predicted octanol–water partition coefficient (Wildman–Crippen LogP) is 6.30. The normalized spacial score (nSPS) is 11.2. The molecule has 1 heterocycles. The van der Waals surface area contributed by atoms with Gasteiger partial charge >= 0.3 is 0 Å². The molecule has 4 aromatic carbocycles. The van der Waals surface area contributed by atoms with Crippen molar-refractivity contribution in [3.05, 3.63) is 120 Å². The van der Waals surface area contributed by atoms with E-state index in [0.29, 0.717) is 6.54 Å². The number of aryl methyl sites for hydroxylation is 1. The Bertz CT molecular complexity index is 1490. The van der Waals surface area contributed by atoms with E-state index in [1.807, 2.05) is 60.7 Å². The first-order valence-corrected chi connectivity index (χ1v) is 12.8. The summed E-state index contributed by atoms with van der Waals surface area (Å²) >= 11 is 1.42. The van der Waals surface area contributed by atoms with Crippen LogP contribution in [-0.4, -0.2) is 27.4 Å². The molecular weight excluding hydrogens is 464 g/mol. The van der Waals surface area contributed by atoms with Crippen LogP contribution in [0.15, 0.2) is 113 Å². The minimum atomic E-state index is -0.175. The van der Waals surface area contributed by atoms with Crippen LogP contribution in [0.4, 0.5) is 0 Å². The summed E-state index contributed by atoms with van der Waals surface area (Å²) in [4.78, 5) is 17.3. The van der Waals surface area contributed by atoms with Gasteiger partial charge in [-0.05, 0) is 41.3 Å². The van der Waals surface area contributed by atoms with Gasteiger partial charge in [-0.25, -0.2) is 10.4 Å². The molecule has 1 N–H and O–H groups in total. The number of nitrogens with zero attached hydrogens (tertiary/aromatic N) is 3. The second-order valence-corrected chi connectivity index (χ2v) is 9.47. The monoisotopic (exact) mass is 490 g/mol. The summed E-state index contributed by atoms with van der Waals surface area (Å²) in [6, 6.07) is 34.8. The van der Waals surface area contributed by atoms with Gasteiger partial charge in [-0.3, -0.25) is 4.79 Å². The first-order valence-electron chi connectivity index (χ1n) is 11.8. The first-order chi connectivity index (χ1) is 17.7. The predicted molar refractivity (Wildman–Crippen MR) is 148 cm³/mol. The smallest absolute Gasteiger partial charge is 0.250 e. The Hall–Kier alpha value is -4.16. The van der Waals surface area contributed by atoms with Crippen LogP contribution in [0.3, 0.4) is 0 Å². The minimum Gasteiger partial charge on any atom is -0.314 e. The number of hydrogen-bond acceptors (Lipinski definition) is 4. The van der Waals surface area contributed by atoms with Gasteiger partial charge in [0.2, 0.25) is 0 Å². The molecular formula is C30H26N4OS. The molecule has 0 aliphatic heterocycles. The highest BCUT2D eigenvalue weighted by Crippen LogP contribution is 2.25. The lowest BCUT2D eigenvalue weighted by molar-refractivity contribution is -0.118. The molecule has 5 rings (SSSR count). The van der Waals surface area contributed by atoms with Crippen LogP contribution in [-0.2, 0) is 11.3 Å². The highest BCUT2D eigenvalue weighted by atomic mass is 32.2. The molecule has 0 spiro atoms. The Kier molecular flexibility index (Phi) is 7.24. The van der Waals surface area contributed by atoms with E-state index >= 15 is 0 Å². The molecule has 1 aromatic heterocycles. The molecule has 0 saturated carbocycles. The number of carbonyl (C=O) groups is 1. The molecule has 5 nitrogen and oxygen atoms in total. The number of aromatic nitrogens is 2. The van der Waals surface area contributed by atoms with Gasteiger partial charge in [0.1, 0.15) is 0 Å². The summed E-state index contributed by atoms with van der Waals surface area (Å²) < 4.78 is 2.16. The highest BCUT2D eigenvalue weighted by molar-refractivity contribution is 7.99. The molecule has 0 bridgehead atoms. The van der Waals surface area contributed by atoms with Crippen molar-refractivity contribution in [2.75, 3.05) is 5.75 Å². The number of benzene rings is 4. The largest absolute Gasteiger partial charge is 0.314 e. The van der Waals surface area contributed by atoms with Gasteiger partial charge in [-0.1, -0.05) is 108 Å². The molecule has 0 unspecified atom stereocenters. The van der Waals surface area contributed by atoms with Crippen molar-refractivity contribution >= 4 is 34.9 Å². The third kappa shape index (κ3) is 5.73. The van der Waals surface area contributed by atoms with E-state index in [-0.39, 0.29) is 11.7 Å². The summed E-state index contributed by atoms with van der Waals surface area (Å²) in [7, 11) is 0. The van der Waals surface area contributed by atoms with Gasteiger partial charge in [-0.15, -0.1) is 0 Å². The van der Waals surface area contributed by atoms with E-state index in [1.54, 1.807) is 6.21 Å². The minimum absolute atomic E-state index is 0.175. The molecule has 0 fully saturated rings. The van der Waals surface area contributed by atoms with Gasteiger partial charge in [0.15, 0.2) is 5.16 Å². The zero-order valence-corrected chi connectivity index (χ0v) is 20.8. The van der Waals surface area contributed by atoms with Crippen LogP contribution in [0.5, 0.6) is 0 Å². The molecule has 0 aliphatic rings. The van der Waals surface area contributed by atoms with Gasteiger partial charge < -0.3 is 4.57 Å². The van der Waals surface area contributed by atoms with Crippen LogP contribution >= 0.6 is 11.8 Å². The molecule has 1 amide bonds. The standard InChI is InChI=1S/C30H26N4OS/c1-22-11-13-24(14-12-22)20-34-28-10-6-5-9-27(28)32-30(34)36-21-29(35)33-31-19-23-15-17-26(18-16-23)25-7-3-2-4-8-25/h2-19H,20-21H2,1H3,(H,33,35). The lowest BCUT2D eigenvalue weighted by Gasteiger charge is -2.09. The van der Waals surface area contributed by atoms with Crippen molar-refractivity contribution in [1.29, 1.82) is 0 Å². The fourth-order valence-electron chi connectivity index (χ4n) is 3.93. The Morgan fingerprint density at radius 1 is 0.889 bits per heavy atom. The number of hydrogen-bond donors (Lipinski definition) is 1. The number of imidazole rings is 1. The number of amides is 1. The summed E-state index contributed by atoms with van der Waals surface area (Å²) in [6.07, 6.45) is 1.66. The SMILES string of the molecule is Cc1ccc(Cn2c(SCC(=O)NN=Cc3ccc(-c4ccccc4)cc3)nc3ccccc32)cc1. The molecule has 0 atom stereocenters. The van der Waals surface area contributed by atoms with E-state index < -0.39 is 0 Å². The van der Waals surface area contributed by atoms with E-state index in [0.717, 1.165) is 27.3 Å². The molecule has 5 aromatic rings. The van der Waals surface area contributed by atoms with Crippen LogP contribution in [0.2, 0.25) is 0 Å². The molecule has 0 saturated heterocycles. The van der Waals surface area contributed by atoms with Crippen molar-refractivity contribution < 1.29 is 4.79 Å². The number of para-hydroxylation sites is 2. The van der Waals surface area contributed by atoms with Crippen molar-refractivity contribution in [3.8, 4) is 11.1 Å². The number of nitrogens with one attached hydrogen (secondary N) is 1. The van der Waals surface area contributed by atoms with E-state index in [9.17, 15) is 4.79 Å². The number of carbonyl (C=O) groups excluding carboxylic acids is 1. The quantitative estimate of drug-likeness (QED) is 0.158. The summed E-state index contributed by atoms with van der Waals surface area (Å²) in [5.41, 5.74) is 10.3. The molecule has 178 valence electrons. The first kappa shape index (κ1) is 23.6. The molecule has 6 heteroatoms. The van der Waals surface area contributed by atoms with Crippen LogP contribution in [0, 0.1) is 6.92 Å². The van der Waals surface area contributed by atoms with E-state index in [4.69, 9.17) is 4.98 Å². The number of hydrazone groups is 1. The summed E-state index contributed by atoms with van der Waals surface area (Å²) in [6.45, 7) is 2.78. The van der Waals surface area contributed by atoms with Crippen molar-refractivity contribution in [2.24, 2.45) is 5.10 Å². The maximum Gasteiger partial charge on any atom is 0.250 e. The maximum atomic E-state index is 12.5. The van der Waals surface area contributed by atoms with Crippen LogP contribution in [0.1, 0.15) is 16.7 Å². The van der Waals surface area contributed by atoms with Gasteiger partial charge in [-0.2, -0.15) is 5.10 Å². The average Bonchev–Trinajstić information content (AvgIpc) is 3.27. The molecule has 0 aliphatic carbocycles. The van der Waals surface area contributed by atoms with Crippen molar-refractivity contribution in [1.82, 2.24) is 15.0 Å². The zero-order chi connectivity index (χ0) is 24.7. The van der Waals surface area contributed by atoms with Crippen molar-refractivity contribution in [2.45, 2.75) is 18.6 Å². The maximum absolute atomic E-state index is 12.5. The zero-order valence-electron chi connectivity index (χ0n) is 20.0. The Labute approximate surface area is 214 Å². The van der Waals surface area contributed by atoms with Gasteiger partial charge in [0, 0.05) is 0 Å². The fourth-order valence-corrected chi connectivity index (χ4v) is 4.73. The molecule has 0 radical (unpaired) electrons. The Morgan fingerprint density at radius 2 is 1.58 bits per heavy atom. The summed E-state index contributed by atoms with van der Waals surface area (Å²) in [5.74, 6) is 0.0488. The third-order valence-corrected chi connectivity index (χ3v) is 6.81. The lowest BCUT2D eigenvalue weighted by Crippen LogP contribution is -2.20. The number of rotatable bonds is 8. The van der Waals surface area contributed by atoms with E-state index in [1.165, 1.54) is 28.5 Å². The second-order valence-electron chi connectivity index (χ2n) is 8.52. The third-order valence-electron chi connectivity index (χ3n) is 5.83. The topological polar surface area (TPSA) is 59.3 Å². The Morgan fingerprint density at radius 3 is 2.36 bits per heavy atom. The van der Waals surface area contributed by atoms with E-state index in [2.05, 4.69) is 64.5 Å². The fraction of sp³-hybridized carbons (Fsp3) is 0.100. The van der Waals surface area contributed by atoms with Crippen LogP contribution < -0.4 is 5.43 Å². The van der Waals surface area contributed by atoms with Gasteiger partial charge in [0.25, 0.3) is 5.91 Å². The van der Waals surface area contributed by atoms with Crippen LogP contribution in [0.25, 0.3) is 22.2 Å². The van der Waals surface area contributed by atoms with Gasteiger partial charge in [0.05, 0.1) is 29.5 Å².